The molecule has 1 aromatic rings. The van der Waals surface area contributed by atoms with Gasteiger partial charge >= 0.3 is 0 Å². The predicted molar refractivity (Wildman–Crippen MR) is 134 cm³/mol. The Morgan fingerprint density at radius 2 is 0.968 bits per heavy atom. The van der Waals surface area contributed by atoms with E-state index in [-0.39, 0.29) is 0 Å². The first kappa shape index (κ1) is 26.1. The normalized spacial score (nSPS) is 18.8. The fourth-order valence-electron chi connectivity index (χ4n) is 4.94. The summed E-state index contributed by atoms with van der Waals surface area (Å²) in [6.45, 7) is 6.24. The molecule has 2 heteroatoms. The van der Waals surface area contributed by atoms with E-state index in [1.54, 1.807) is 0 Å². The summed E-state index contributed by atoms with van der Waals surface area (Å²) in [6.07, 6.45) is 23.3. The van der Waals surface area contributed by atoms with E-state index in [1.807, 2.05) is 0 Å². The van der Waals surface area contributed by atoms with Gasteiger partial charge in [-0.3, -0.25) is 0 Å². The summed E-state index contributed by atoms with van der Waals surface area (Å²) in [6, 6.07) is 8.22. The topological polar surface area (TPSA) is 18.5 Å². The zero-order valence-corrected chi connectivity index (χ0v) is 20.7. The number of benzene rings is 1. The SMILES string of the molecule is CCCCCCCCCOc1ccc(OCCCC2CCC(CCCCC)CC2)cc1. The molecule has 2 nitrogen and oxygen atoms in total. The van der Waals surface area contributed by atoms with Gasteiger partial charge < -0.3 is 9.47 Å². The van der Waals surface area contributed by atoms with Crippen molar-refractivity contribution < 1.29 is 9.47 Å². The Labute approximate surface area is 193 Å². The van der Waals surface area contributed by atoms with Crippen LogP contribution < -0.4 is 9.47 Å². The number of hydrogen-bond donors (Lipinski definition) is 0. The quantitative estimate of drug-likeness (QED) is 0.216. The van der Waals surface area contributed by atoms with Crippen molar-refractivity contribution in [3.63, 3.8) is 0 Å². The average Bonchev–Trinajstić information content (AvgIpc) is 2.80. The van der Waals surface area contributed by atoms with Gasteiger partial charge in [0.1, 0.15) is 11.5 Å². The van der Waals surface area contributed by atoms with Gasteiger partial charge in [-0.25, -0.2) is 0 Å². The van der Waals surface area contributed by atoms with Crippen LogP contribution in [0.2, 0.25) is 0 Å². The first-order chi connectivity index (χ1) is 15.3. The third-order valence-electron chi connectivity index (χ3n) is 7.05. The molecule has 0 aromatic heterocycles. The number of hydrogen-bond acceptors (Lipinski definition) is 2. The molecule has 0 aliphatic heterocycles. The van der Waals surface area contributed by atoms with Crippen molar-refractivity contribution in [3.05, 3.63) is 24.3 Å². The van der Waals surface area contributed by atoms with E-state index in [1.165, 1.54) is 103 Å². The van der Waals surface area contributed by atoms with E-state index in [0.29, 0.717) is 0 Å². The molecule has 1 aromatic carbocycles. The molecule has 1 saturated carbocycles. The van der Waals surface area contributed by atoms with Crippen molar-refractivity contribution in [1.29, 1.82) is 0 Å². The maximum atomic E-state index is 5.97. The Morgan fingerprint density at radius 3 is 1.52 bits per heavy atom. The van der Waals surface area contributed by atoms with Gasteiger partial charge in [0.2, 0.25) is 0 Å². The second-order valence-electron chi connectivity index (χ2n) is 9.81. The molecule has 0 bridgehead atoms. The Balaban J connectivity index is 1.46. The zero-order valence-electron chi connectivity index (χ0n) is 20.7. The van der Waals surface area contributed by atoms with E-state index >= 15 is 0 Å². The Hall–Kier alpha value is -1.18. The predicted octanol–water partition coefficient (Wildman–Crippen LogP) is 9.36. The largest absolute Gasteiger partial charge is 0.494 e. The molecule has 0 saturated heterocycles. The van der Waals surface area contributed by atoms with Crippen LogP contribution in [-0.4, -0.2) is 13.2 Å². The molecule has 178 valence electrons. The van der Waals surface area contributed by atoms with Crippen LogP contribution in [0.1, 0.15) is 123 Å². The molecule has 0 spiro atoms. The van der Waals surface area contributed by atoms with Crippen molar-refractivity contribution in [3.8, 4) is 11.5 Å². The number of rotatable bonds is 18. The summed E-state index contributed by atoms with van der Waals surface area (Å²) < 4.78 is 11.9. The standard InChI is InChI=1S/C29H50O2/c1-3-5-7-8-9-10-12-24-30-28-20-22-29(23-21-28)31-25-13-15-27-18-16-26(17-19-27)14-11-6-4-2/h20-23,26-27H,3-19,24-25H2,1-2H3. The fourth-order valence-corrected chi connectivity index (χ4v) is 4.94. The lowest BCUT2D eigenvalue weighted by Gasteiger charge is -2.28. The van der Waals surface area contributed by atoms with Gasteiger partial charge in [-0.1, -0.05) is 104 Å². The van der Waals surface area contributed by atoms with Gasteiger partial charge in [0, 0.05) is 0 Å². The lowest BCUT2D eigenvalue weighted by Crippen LogP contribution is -2.15. The van der Waals surface area contributed by atoms with Crippen LogP contribution in [0.5, 0.6) is 11.5 Å². The van der Waals surface area contributed by atoms with Crippen LogP contribution in [0, 0.1) is 11.8 Å². The lowest BCUT2D eigenvalue weighted by molar-refractivity contribution is 0.228. The average molecular weight is 431 g/mol. The van der Waals surface area contributed by atoms with Crippen molar-refractivity contribution in [1.82, 2.24) is 0 Å². The van der Waals surface area contributed by atoms with Gasteiger partial charge in [0.05, 0.1) is 13.2 Å². The summed E-state index contributed by atoms with van der Waals surface area (Å²) in [7, 11) is 0. The molecular weight excluding hydrogens is 380 g/mol. The van der Waals surface area contributed by atoms with E-state index in [4.69, 9.17) is 9.47 Å². The molecule has 1 fully saturated rings. The molecule has 31 heavy (non-hydrogen) atoms. The summed E-state index contributed by atoms with van der Waals surface area (Å²) in [5.41, 5.74) is 0. The second-order valence-corrected chi connectivity index (χ2v) is 9.81. The van der Waals surface area contributed by atoms with Crippen LogP contribution in [0.15, 0.2) is 24.3 Å². The molecular formula is C29H50O2. The first-order valence-electron chi connectivity index (χ1n) is 13.7. The molecule has 0 heterocycles. The van der Waals surface area contributed by atoms with Crippen molar-refractivity contribution in [2.24, 2.45) is 11.8 Å². The zero-order chi connectivity index (χ0) is 22.0. The monoisotopic (exact) mass is 430 g/mol. The lowest BCUT2D eigenvalue weighted by atomic mass is 9.78. The van der Waals surface area contributed by atoms with Crippen LogP contribution in [-0.2, 0) is 0 Å². The maximum absolute atomic E-state index is 5.97. The molecule has 2 rings (SSSR count). The summed E-state index contributed by atoms with van der Waals surface area (Å²) >= 11 is 0. The highest BCUT2D eigenvalue weighted by Gasteiger charge is 2.20. The minimum Gasteiger partial charge on any atom is -0.494 e. The molecule has 0 amide bonds. The molecule has 1 aliphatic rings. The van der Waals surface area contributed by atoms with Crippen LogP contribution in [0.3, 0.4) is 0 Å². The summed E-state index contributed by atoms with van der Waals surface area (Å²) in [5, 5.41) is 0. The first-order valence-corrected chi connectivity index (χ1v) is 13.7. The van der Waals surface area contributed by atoms with E-state index in [0.717, 1.165) is 43.0 Å². The van der Waals surface area contributed by atoms with E-state index in [9.17, 15) is 0 Å². The molecule has 0 radical (unpaired) electrons. The molecule has 0 unspecified atom stereocenters. The second kappa shape index (κ2) is 17.4. The Kier molecular flexibility index (Phi) is 14.6. The summed E-state index contributed by atoms with van der Waals surface area (Å²) in [4.78, 5) is 0. The van der Waals surface area contributed by atoms with E-state index < -0.39 is 0 Å². The minimum atomic E-state index is 0.828. The van der Waals surface area contributed by atoms with Crippen LogP contribution >= 0.6 is 0 Å². The Bertz CT molecular complexity index is 516. The van der Waals surface area contributed by atoms with Crippen LogP contribution in [0.25, 0.3) is 0 Å². The highest BCUT2D eigenvalue weighted by molar-refractivity contribution is 5.31. The highest BCUT2D eigenvalue weighted by atomic mass is 16.5. The highest BCUT2D eigenvalue weighted by Crippen LogP contribution is 2.34. The van der Waals surface area contributed by atoms with Gasteiger partial charge in [0.15, 0.2) is 0 Å². The van der Waals surface area contributed by atoms with E-state index in [2.05, 4.69) is 38.1 Å². The van der Waals surface area contributed by atoms with Gasteiger partial charge in [-0.05, 0) is 55.4 Å². The van der Waals surface area contributed by atoms with Gasteiger partial charge in [-0.2, -0.15) is 0 Å². The summed E-state index contributed by atoms with van der Waals surface area (Å²) in [5.74, 6) is 3.90. The van der Waals surface area contributed by atoms with Gasteiger partial charge in [0.25, 0.3) is 0 Å². The third-order valence-corrected chi connectivity index (χ3v) is 7.05. The molecule has 0 atom stereocenters. The van der Waals surface area contributed by atoms with Crippen molar-refractivity contribution in [2.45, 2.75) is 123 Å². The van der Waals surface area contributed by atoms with Gasteiger partial charge in [-0.15, -0.1) is 0 Å². The number of ether oxygens (including phenoxy) is 2. The molecule has 0 N–H and O–H groups in total. The van der Waals surface area contributed by atoms with Crippen molar-refractivity contribution >= 4 is 0 Å². The minimum absolute atomic E-state index is 0.828. The third kappa shape index (κ3) is 12.4. The Morgan fingerprint density at radius 1 is 0.548 bits per heavy atom. The number of unbranched alkanes of at least 4 members (excludes halogenated alkanes) is 8. The maximum Gasteiger partial charge on any atom is 0.119 e. The fraction of sp³-hybridized carbons (Fsp3) is 0.793. The van der Waals surface area contributed by atoms with Crippen LogP contribution in [0.4, 0.5) is 0 Å². The molecule has 1 aliphatic carbocycles. The van der Waals surface area contributed by atoms with Crippen molar-refractivity contribution in [2.75, 3.05) is 13.2 Å². The smallest absolute Gasteiger partial charge is 0.119 e.